The molecule has 131 heavy (non-hydrogen) atoms. The molecular weight excluding hydrogens is 1950 g/mol. The largest absolute Gasteiger partial charge is 0.490 e. The second-order valence-electron chi connectivity index (χ2n) is 33.8. The maximum atomic E-state index is 15.4. The molecule has 712 valence electrons. The van der Waals surface area contributed by atoms with Crippen molar-refractivity contribution >= 4 is 115 Å². The number of hydrogen-bond donors (Lipinski definition) is 0. The third-order valence-electron chi connectivity index (χ3n) is 26.3. The number of ether oxygens (including phenoxy) is 8. The molecule has 22 nitrogen and oxygen atoms in total. The highest BCUT2D eigenvalue weighted by Crippen LogP contribution is 2.62. The van der Waals surface area contributed by atoms with Crippen LogP contribution in [0.5, 0.6) is 23.0 Å². The van der Waals surface area contributed by atoms with Crippen molar-refractivity contribution in [3.05, 3.63) is 234 Å². The normalized spacial score (nSPS) is 25.6. The molecule has 0 aromatic heterocycles. The topological polar surface area (TPSA) is 313 Å². The fourth-order valence-corrected chi connectivity index (χ4v) is 33.1. The summed E-state index contributed by atoms with van der Waals surface area (Å²) in [5.74, 6) is -11.8. The van der Waals surface area contributed by atoms with E-state index in [1.54, 1.807) is 6.92 Å². The monoisotopic (exact) mass is 2040 g/mol. The first-order valence-electron chi connectivity index (χ1n) is 42.4. The van der Waals surface area contributed by atoms with Gasteiger partial charge in [0.1, 0.15) is 61.9 Å². The van der Waals surface area contributed by atoms with Crippen molar-refractivity contribution in [1.29, 1.82) is 0 Å². The van der Waals surface area contributed by atoms with Gasteiger partial charge in [-0.15, -0.1) is 0 Å². The van der Waals surface area contributed by atoms with Gasteiger partial charge < -0.3 is 37.9 Å². The molecule has 5 fully saturated rings. The van der Waals surface area contributed by atoms with E-state index in [9.17, 15) is 76.5 Å². The Morgan fingerprint density at radius 2 is 0.557 bits per heavy atom. The van der Waals surface area contributed by atoms with Crippen LogP contribution in [0.1, 0.15) is 126 Å². The summed E-state index contributed by atoms with van der Waals surface area (Å²) in [6.45, 7) is 2.87. The lowest BCUT2D eigenvalue weighted by Crippen LogP contribution is -2.57. The van der Waals surface area contributed by atoms with Gasteiger partial charge in [-0.3, -0.25) is 0 Å². The summed E-state index contributed by atoms with van der Waals surface area (Å²) in [5.41, 5.74) is -1.24. The maximum absolute atomic E-state index is 15.4. The Hall–Kier alpha value is -6.95. The molecule has 1 saturated carbocycles. The molecule has 4 saturated heterocycles. The molecule has 8 heterocycles. The van der Waals surface area contributed by atoms with E-state index < -0.39 is 200 Å². The van der Waals surface area contributed by atoms with Crippen LogP contribution in [0.25, 0.3) is 0 Å². The summed E-state index contributed by atoms with van der Waals surface area (Å²) in [6, 6.07) is 29.7. The van der Waals surface area contributed by atoms with E-state index in [-0.39, 0.29) is 193 Å². The quantitative estimate of drug-likeness (QED) is 0.0507. The van der Waals surface area contributed by atoms with Crippen LogP contribution in [0.15, 0.2) is 165 Å². The van der Waals surface area contributed by atoms with Crippen LogP contribution in [0.3, 0.4) is 0 Å². The first-order valence-corrected chi connectivity index (χ1v) is 55.5. The Balaban J connectivity index is 0.000000141. The highest BCUT2D eigenvalue weighted by atomic mass is 35.5. The number of sulfone groups is 7. The zero-order valence-electron chi connectivity index (χ0n) is 70.8. The van der Waals surface area contributed by atoms with Crippen molar-refractivity contribution in [1.82, 2.24) is 0 Å². The van der Waals surface area contributed by atoms with Gasteiger partial charge in [-0.1, -0.05) is 66.7 Å². The number of fused-ring (bicyclic) bond motifs is 12. The minimum absolute atomic E-state index is 0.00217. The van der Waals surface area contributed by atoms with E-state index in [2.05, 4.69) is 0 Å². The molecule has 0 N–H and O–H groups in total. The molecule has 0 radical (unpaired) electrons. The molecule has 8 aromatic carbocycles. The van der Waals surface area contributed by atoms with E-state index in [1.165, 1.54) is 97.1 Å². The van der Waals surface area contributed by atoms with Crippen molar-refractivity contribution in [3.63, 3.8) is 0 Å². The lowest BCUT2D eigenvalue weighted by atomic mass is 9.75. The average molecular weight is 2050 g/mol. The number of rotatable bonds is 24. The lowest BCUT2D eigenvalue weighted by Gasteiger charge is -2.50. The summed E-state index contributed by atoms with van der Waals surface area (Å²) in [4.78, 5) is -0.209. The van der Waals surface area contributed by atoms with Crippen LogP contribution < -0.4 is 18.9 Å². The van der Waals surface area contributed by atoms with Gasteiger partial charge in [0, 0.05) is 88.0 Å². The summed E-state index contributed by atoms with van der Waals surface area (Å²) in [7, 11) is -26.6. The van der Waals surface area contributed by atoms with Gasteiger partial charge in [0.05, 0.1) is 109 Å². The Morgan fingerprint density at radius 3 is 0.794 bits per heavy atom. The molecule has 0 amide bonds. The molecule has 12 atom stereocenters. The first-order chi connectivity index (χ1) is 61.9. The molecule has 0 spiro atoms. The van der Waals surface area contributed by atoms with E-state index in [0.717, 1.165) is 61.2 Å². The van der Waals surface area contributed by atoms with E-state index >= 15 is 17.6 Å². The standard InChI is InChI=1S/C24H25ClF2O6S2.C23H25ClF2O6S2.C22H23ClF2O6S2.C21H21ClF2O4S/c25-15-3-5-17(6-4-15)35(30,31)24-11-12-32-21(2-1-13-34(28,29)16-7-8-16)18(24)14-33-23-20(27)10-9-19(26)22(23)24;1-2-33(27,28)13-3-4-20-17-14-32-22-19(26)10-9-18(25)21(22)23(17,11-12-31-20)34(29,30)16-7-5-15(24)6-8-16;1-32(26,27)12-2-3-19-16-13-31-21-18(25)9-8-17(24)20(21)22(16,10-11-30-19)33(28,29)15-6-4-14(23)5-7-15;1-2-3-18-15-12-28-20-17(24)9-8-16(23)19(20)21(15,10-11-27-18)29(25,26)14-6-4-13(22)5-7-14/h3-6,9-10,16,18,21H,1-2,7-8,11-14H2;5-10,17,20H,2-4,11-14H2,1H3;4-9,16,19H,2-3,10-13H2,1H3;4-9,15,18H,2-3,10-12H2,1H3/t18-,21-,24-;17-,20-,23-;16-,19-,22-;15-,18-,21-/m0000/s1. The van der Waals surface area contributed by atoms with Gasteiger partial charge in [-0.05, 0) is 229 Å². The van der Waals surface area contributed by atoms with Crippen molar-refractivity contribution in [2.45, 2.75) is 172 Å². The van der Waals surface area contributed by atoms with E-state index in [1.807, 2.05) is 6.92 Å². The molecule has 0 unspecified atom stereocenters. The van der Waals surface area contributed by atoms with Crippen LogP contribution in [0.4, 0.5) is 35.1 Å². The zero-order valence-corrected chi connectivity index (χ0v) is 79.6. The van der Waals surface area contributed by atoms with Crippen molar-refractivity contribution < 1.29 is 132 Å². The van der Waals surface area contributed by atoms with Crippen LogP contribution in [0, 0.1) is 70.2 Å². The molecule has 41 heteroatoms. The zero-order chi connectivity index (χ0) is 94.6. The molecule has 8 aromatic rings. The SMILES string of the molecule is CCC[C@@H]1OCC[C@@]2(S(=O)(=O)c3ccc(Cl)cc3)c3c(F)ccc(F)c3OC[C@@H]12.CCS(=O)(=O)CCC[C@@H]1OCC[C@@]2(S(=O)(=O)c3ccc(Cl)cc3)c3c(F)ccc(F)c3OC[C@@H]12.CS(=O)(=O)CCC[C@@H]1OCC[C@@]2(S(=O)(=O)c3ccc(Cl)cc3)c3c(F)ccc(F)c3OC[C@@H]12.O=S(=O)(CCC[C@@H]1OCC[C@@]2(S(=O)(=O)c3ccc(Cl)cc3)c3c(F)ccc(F)c3OC[C@@H]12)C1CC1. The number of halogens is 12. The summed E-state index contributed by atoms with van der Waals surface area (Å²) >= 11 is 23.8. The summed E-state index contributed by atoms with van der Waals surface area (Å²) in [5, 5.41) is 1.10. The Bertz CT molecular complexity index is 6460. The first kappa shape index (κ1) is 100. The van der Waals surface area contributed by atoms with Gasteiger partial charge >= 0.3 is 0 Å². The predicted octanol–water partition coefficient (Wildman–Crippen LogP) is 17.5. The van der Waals surface area contributed by atoms with Crippen molar-refractivity contribution in [2.24, 2.45) is 23.7 Å². The Kier molecular flexibility index (Phi) is 30.0. The van der Waals surface area contributed by atoms with Crippen molar-refractivity contribution in [2.75, 3.05) is 82.1 Å². The molecule has 0 bridgehead atoms. The number of hydrogen-bond acceptors (Lipinski definition) is 22. The molecule has 1 aliphatic carbocycles. The lowest BCUT2D eigenvalue weighted by molar-refractivity contribution is -0.0760. The third-order valence-corrected chi connectivity index (χ3v) is 42.7. The second-order valence-corrected chi connectivity index (χ2v) is 51.5. The molecule has 8 aliphatic heterocycles. The minimum Gasteiger partial charge on any atom is -0.490 e. The average Bonchev–Trinajstić information content (AvgIpc) is 1.71. The van der Waals surface area contributed by atoms with Gasteiger partial charge in [0.15, 0.2) is 95.5 Å². The highest BCUT2D eigenvalue weighted by molar-refractivity contribution is 7.94. The van der Waals surface area contributed by atoms with Gasteiger partial charge in [-0.25, -0.2) is 94.0 Å². The van der Waals surface area contributed by atoms with Crippen LogP contribution >= 0.6 is 46.4 Å². The number of benzene rings is 8. The van der Waals surface area contributed by atoms with Crippen LogP contribution in [-0.2, 0) is 107 Å². The molecule has 9 aliphatic rings. The molecule has 17 rings (SSSR count). The fourth-order valence-electron chi connectivity index (χ4n) is 19.9. The molecular formula is C90H94Cl4F8O22S7. The van der Waals surface area contributed by atoms with E-state index in [0.29, 0.717) is 39.4 Å². The smallest absolute Gasteiger partial charge is 0.189 e. The summed E-state index contributed by atoms with van der Waals surface area (Å²) < 4.78 is 343. The Morgan fingerprint density at radius 1 is 0.321 bits per heavy atom. The van der Waals surface area contributed by atoms with Gasteiger partial charge in [-0.2, -0.15) is 0 Å². The minimum atomic E-state index is -4.29. The summed E-state index contributed by atoms with van der Waals surface area (Å²) in [6.07, 6.45) is 2.37. The van der Waals surface area contributed by atoms with Crippen molar-refractivity contribution in [3.8, 4) is 23.0 Å². The Labute approximate surface area is 776 Å². The maximum Gasteiger partial charge on any atom is 0.189 e. The third kappa shape index (κ3) is 18.9. The van der Waals surface area contributed by atoms with Crippen LogP contribution in [0.2, 0.25) is 20.1 Å². The second kappa shape index (κ2) is 39.3. The fraction of sp³-hybridized carbons (Fsp3) is 0.467. The van der Waals surface area contributed by atoms with Gasteiger partial charge in [0.2, 0.25) is 0 Å². The predicted molar refractivity (Wildman–Crippen MR) is 474 cm³/mol. The van der Waals surface area contributed by atoms with Gasteiger partial charge in [0.25, 0.3) is 0 Å². The highest BCUT2D eigenvalue weighted by Gasteiger charge is 2.66. The van der Waals surface area contributed by atoms with Crippen LogP contribution in [-0.4, -0.2) is 171 Å². The van der Waals surface area contributed by atoms with E-state index in [4.69, 9.17) is 84.3 Å².